The van der Waals surface area contributed by atoms with Crippen LogP contribution in [0.1, 0.15) is 47.7 Å². The molecule has 0 atom stereocenters. The van der Waals surface area contributed by atoms with E-state index in [0.717, 1.165) is 10.7 Å². The maximum atomic E-state index is 12.1. The molecule has 0 bridgehead atoms. The minimum atomic E-state index is -0.160. The first-order chi connectivity index (χ1) is 11.0. The summed E-state index contributed by atoms with van der Waals surface area (Å²) in [6.45, 7) is 6.20. The molecule has 23 heavy (non-hydrogen) atoms. The first-order valence-corrected chi connectivity index (χ1v) is 8.44. The third kappa shape index (κ3) is 5.17. The van der Waals surface area contributed by atoms with Crippen molar-refractivity contribution in [1.29, 1.82) is 0 Å². The highest BCUT2D eigenvalue weighted by Gasteiger charge is 2.08. The van der Waals surface area contributed by atoms with Gasteiger partial charge in [-0.15, -0.1) is 11.3 Å². The van der Waals surface area contributed by atoms with E-state index >= 15 is 0 Å². The second-order valence-corrected chi connectivity index (χ2v) is 6.53. The number of carbonyl (C=O) groups is 2. The Labute approximate surface area is 140 Å². The Balaban J connectivity index is 1.88. The maximum Gasteiger partial charge on any atom is 0.251 e. The van der Waals surface area contributed by atoms with Crippen molar-refractivity contribution in [2.45, 2.75) is 33.1 Å². The molecule has 1 aromatic carbocycles. The lowest BCUT2D eigenvalue weighted by Gasteiger charge is -2.07. The van der Waals surface area contributed by atoms with Gasteiger partial charge in [0.15, 0.2) is 0 Å². The minimum absolute atomic E-state index is 0.155. The van der Waals surface area contributed by atoms with Gasteiger partial charge in [-0.3, -0.25) is 9.59 Å². The van der Waals surface area contributed by atoms with Crippen LogP contribution in [0.15, 0.2) is 29.6 Å². The van der Waals surface area contributed by atoms with Crippen LogP contribution in [0.2, 0.25) is 0 Å². The van der Waals surface area contributed by atoms with E-state index in [1.54, 1.807) is 35.6 Å². The van der Waals surface area contributed by atoms with Gasteiger partial charge in [-0.05, 0) is 24.1 Å². The number of nitrogens with one attached hydrogen (secondary N) is 2. The summed E-state index contributed by atoms with van der Waals surface area (Å²) in [5, 5.41) is 8.65. The Bertz CT molecular complexity index is 695. The van der Waals surface area contributed by atoms with Crippen molar-refractivity contribution in [3.8, 4) is 0 Å². The molecule has 6 heteroatoms. The van der Waals surface area contributed by atoms with Gasteiger partial charge in [0.2, 0.25) is 5.91 Å². The van der Waals surface area contributed by atoms with Crippen LogP contribution >= 0.6 is 11.3 Å². The maximum absolute atomic E-state index is 12.1. The van der Waals surface area contributed by atoms with Crippen molar-refractivity contribution in [3.05, 3.63) is 45.9 Å². The summed E-state index contributed by atoms with van der Waals surface area (Å²) in [6.07, 6.45) is 0.717. The Morgan fingerprint density at radius 3 is 2.74 bits per heavy atom. The fourth-order valence-electron chi connectivity index (χ4n) is 2.03. The molecule has 0 aliphatic rings. The van der Waals surface area contributed by atoms with Gasteiger partial charge >= 0.3 is 0 Å². The molecule has 2 aromatic rings. The predicted molar refractivity (Wildman–Crippen MR) is 93.0 cm³/mol. The van der Waals surface area contributed by atoms with Gasteiger partial charge in [0, 0.05) is 36.5 Å². The van der Waals surface area contributed by atoms with Crippen LogP contribution in [0, 0.1) is 0 Å². The standard InChI is InChI=1S/C17H21N3O2S/c1-11(2)15-10-23-16(20-15)7-8-18-17(22)13-5-4-6-14(9-13)19-12(3)21/h4-6,9-11H,7-8H2,1-3H3,(H,18,22)(H,19,21). The fraction of sp³-hybridized carbons (Fsp3) is 0.353. The summed E-state index contributed by atoms with van der Waals surface area (Å²) in [6, 6.07) is 6.88. The quantitative estimate of drug-likeness (QED) is 0.854. The molecule has 2 rings (SSSR count). The Kier molecular flexibility index (Phi) is 5.87. The number of benzene rings is 1. The number of hydrogen-bond acceptors (Lipinski definition) is 4. The molecular formula is C17H21N3O2S. The molecule has 0 saturated heterocycles. The SMILES string of the molecule is CC(=O)Nc1cccc(C(=O)NCCc2nc(C(C)C)cs2)c1. The number of hydrogen-bond donors (Lipinski definition) is 2. The zero-order valence-electron chi connectivity index (χ0n) is 13.6. The molecule has 0 unspecified atom stereocenters. The number of nitrogens with zero attached hydrogens (tertiary/aromatic N) is 1. The van der Waals surface area contributed by atoms with Crippen molar-refractivity contribution in [2.75, 3.05) is 11.9 Å². The molecule has 0 fully saturated rings. The molecule has 5 nitrogen and oxygen atoms in total. The highest BCUT2D eigenvalue weighted by atomic mass is 32.1. The minimum Gasteiger partial charge on any atom is -0.352 e. The molecule has 2 N–H and O–H groups in total. The largest absolute Gasteiger partial charge is 0.352 e. The highest BCUT2D eigenvalue weighted by Crippen LogP contribution is 2.17. The average Bonchev–Trinajstić information content (AvgIpc) is 2.96. The van der Waals surface area contributed by atoms with E-state index in [1.807, 2.05) is 0 Å². The number of rotatable bonds is 6. The van der Waals surface area contributed by atoms with Gasteiger partial charge in [0.25, 0.3) is 5.91 Å². The smallest absolute Gasteiger partial charge is 0.251 e. The molecule has 0 saturated carbocycles. The van der Waals surface area contributed by atoms with E-state index in [0.29, 0.717) is 30.1 Å². The molecule has 1 aromatic heterocycles. The second-order valence-electron chi connectivity index (χ2n) is 5.59. The Morgan fingerprint density at radius 2 is 2.09 bits per heavy atom. The monoisotopic (exact) mass is 331 g/mol. The van der Waals surface area contributed by atoms with Gasteiger partial charge in [-0.25, -0.2) is 4.98 Å². The van der Waals surface area contributed by atoms with Gasteiger partial charge in [0.1, 0.15) is 0 Å². The number of aromatic nitrogens is 1. The third-order valence-electron chi connectivity index (χ3n) is 3.23. The van der Waals surface area contributed by atoms with E-state index in [2.05, 4.69) is 34.8 Å². The van der Waals surface area contributed by atoms with E-state index in [9.17, 15) is 9.59 Å². The predicted octanol–water partition coefficient (Wildman–Crippen LogP) is 3.20. The van der Waals surface area contributed by atoms with Gasteiger partial charge in [0.05, 0.1) is 10.7 Å². The molecule has 0 spiro atoms. The summed E-state index contributed by atoms with van der Waals surface area (Å²) in [5.74, 6) is 0.108. The van der Waals surface area contributed by atoms with Crippen LogP contribution in [0.5, 0.6) is 0 Å². The van der Waals surface area contributed by atoms with Crippen molar-refractivity contribution >= 4 is 28.8 Å². The van der Waals surface area contributed by atoms with E-state index < -0.39 is 0 Å². The van der Waals surface area contributed by atoms with Crippen LogP contribution in [-0.4, -0.2) is 23.3 Å². The molecule has 0 aliphatic carbocycles. The molecule has 2 amide bonds. The first kappa shape index (κ1) is 17.1. The average molecular weight is 331 g/mol. The van der Waals surface area contributed by atoms with Crippen LogP contribution < -0.4 is 10.6 Å². The second kappa shape index (κ2) is 7.87. The summed E-state index contributed by atoms with van der Waals surface area (Å²) >= 11 is 1.62. The topological polar surface area (TPSA) is 71.1 Å². The molecule has 1 heterocycles. The summed E-state index contributed by atoms with van der Waals surface area (Å²) in [5.41, 5.74) is 2.24. The van der Waals surface area contributed by atoms with Gasteiger partial charge < -0.3 is 10.6 Å². The number of anilines is 1. The van der Waals surface area contributed by atoms with Gasteiger partial charge in [-0.2, -0.15) is 0 Å². The summed E-state index contributed by atoms with van der Waals surface area (Å²) in [4.78, 5) is 27.7. The normalized spacial score (nSPS) is 10.6. The number of carbonyl (C=O) groups excluding carboxylic acids is 2. The van der Waals surface area contributed by atoms with Gasteiger partial charge in [-0.1, -0.05) is 19.9 Å². The summed E-state index contributed by atoms with van der Waals surface area (Å²) in [7, 11) is 0. The van der Waals surface area contributed by atoms with Crippen LogP contribution in [-0.2, 0) is 11.2 Å². The lowest BCUT2D eigenvalue weighted by atomic mass is 10.2. The lowest BCUT2D eigenvalue weighted by molar-refractivity contribution is -0.114. The van der Waals surface area contributed by atoms with Crippen molar-refractivity contribution in [2.24, 2.45) is 0 Å². The summed E-state index contributed by atoms with van der Waals surface area (Å²) < 4.78 is 0. The van der Waals surface area contributed by atoms with Crippen LogP contribution in [0.3, 0.4) is 0 Å². The number of thiazole rings is 1. The molecular weight excluding hydrogens is 310 g/mol. The zero-order chi connectivity index (χ0) is 16.8. The van der Waals surface area contributed by atoms with E-state index in [1.165, 1.54) is 6.92 Å². The highest BCUT2D eigenvalue weighted by molar-refractivity contribution is 7.09. The zero-order valence-corrected chi connectivity index (χ0v) is 14.4. The Hall–Kier alpha value is -2.21. The molecule has 0 aliphatic heterocycles. The lowest BCUT2D eigenvalue weighted by Crippen LogP contribution is -2.25. The fourth-order valence-corrected chi connectivity index (χ4v) is 2.99. The van der Waals surface area contributed by atoms with Crippen LogP contribution in [0.4, 0.5) is 5.69 Å². The van der Waals surface area contributed by atoms with Crippen molar-refractivity contribution < 1.29 is 9.59 Å². The van der Waals surface area contributed by atoms with E-state index in [-0.39, 0.29) is 11.8 Å². The molecule has 0 radical (unpaired) electrons. The third-order valence-corrected chi connectivity index (χ3v) is 4.16. The first-order valence-electron chi connectivity index (χ1n) is 7.56. The van der Waals surface area contributed by atoms with Crippen LogP contribution in [0.25, 0.3) is 0 Å². The van der Waals surface area contributed by atoms with E-state index in [4.69, 9.17) is 0 Å². The Morgan fingerprint density at radius 1 is 1.30 bits per heavy atom. The molecule has 122 valence electrons. The van der Waals surface area contributed by atoms with Crippen molar-refractivity contribution in [3.63, 3.8) is 0 Å². The number of amides is 2. The van der Waals surface area contributed by atoms with Crippen molar-refractivity contribution in [1.82, 2.24) is 10.3 Å².